The van der Waals surface area contributed by atoms with Gasteiger partial charge in [-0.25, -0.2) is 4.49 Å². The number of rotatable bonds is 0. The molecule has 0 saturated carbocycles. The summed E-state index contributed by atoms with van der Waals surface area (Å²) in [5, 5.41) is 3.61. The molecule has 1 heterocycles. The van der Waals surface area contributed by atoms with Gasteiger partial charge in [-0.1, -0.05) is 12.2 Å². The van der Waals surface area contributed by atoms with Crippen LogP contribution in [-0.2, 0) is 0 Å². The van der Waals surface area contributed by atoms with E-state index < -0.39 is 0 Å². The van der Waals surface area contributed by atoms with E-state index in [9.17, 15) is 0 Å². The summed E-state index contributed by atoms with van der Waals surface area (Å²) in [7, 11) is 0. The zero-order valence-electron chi connectivity index (χ0n) is 4.84. The van der Waals surface area contributed by atoms with Gasteiger partial charge in [-0.3, -0.25) is 0 Å². The van der Waals surface area contributed by atoms with Crippen LogP contribution >= 0.6 is 23.8 Å². The van der Waals surface area contributed by atoms with Crippen LogP contribution in [0.5, 0.6) is 0 Å². The molecule has 4 nitrogen and oxygen atoms in total. The number of nitrogens with one attached hydrogen (secondary N) is 1. The molecular formula is C2H6N2NaO2S2. The van der Waals surface area contributed by atoms with Crippen LogP contribution in [0.1, 0.15) is 0 Å². The van der Waals surface area contributed by atoms with Crippen LogP contribution in [0, 0.1) is 3.82 Å². The van der Waals surface area contributed by atoms with Crippen LogP contribution in [0.15, 0.2) is 6.20 Å². The molecule has 0 atom stereocenters. The third-order valence-corrected chi connectivity index (χ3v) is 1.23. The molecule has 0 aliphatic carbocycles. The molecule has 5 N–H and O–H groups in total. The van der Waals surface area contributed by atoms with Crippen molar-refractivity contribution < 1.29 is 11.0 Å². The van der Waals surface area contributed by atoms with E-state index in [0.29, 0.717) is 0 Å². The van der Waals surface area contributed by atoms with Gasteiger partial charge in [-0.05, 0) is 11.5 Å². The Labute approximate surface area is 83.4 Å². The van der Waals surface area contributed by atoms with Gasteiger partial charge in [-0.15, -0.1) is 0 Å². The first-order chi connectivity index (χ1) is 2.89. The van der Waals surface area contributed by atoms with E-state index >= 15 is 0 Å². The predicted octanol–water partition coefficient (Wildman–Crippen LogP) is -0.830. The number of hydrogen-bond acceptors (Lipinski definition) is 3. The topological polar surface area (TPSA) is 91.7 Å². The van der Waals surface area contributed by atoms with Crippen LogP contribution in [0.2, 0.25) is 0 Å². The summed E-state index contributed by atoms with van der Waals surface area (Å²) in [6.45, 7) is 0. The summed E-state index contributed by atoms with van der Waals surface area (Å²) in [6.07, 6.45) is 1.61. The molecular weight excluding hydrogens is 171 g/mol. The van der Waals surface area contributed by atoms with Gasteiger partial charge >= 0.3 is 0 Å². The monoisotopic (exact) mass is 177 g/mol. The Morgan fingerprint density at radius 3 is 2.22 bits per heavy atom. The van der Waals surface area contributed by atoms with Crippen molar-refractivity contribution >= 4 is 53.3 Å². The van der Waals surface area contributed by atoms with Gasteiger partial charge in [0.2, 0.25) is 0 Å². The van der Waals surface area contributed by atoms with E-state index in [-0.39, 0.29) is 40.5 Å². The smallest absolute Gasteiger partial charge is 0.128 e. The van der Waals surface area contributed by atoms with E-state index in [1.54, 1.807) is 6.20 Å². The first-order valence-corrected chi connectivity index (χ1v) is 2.61. The van der Waals surface area contributed by atoms with E-state index in [2.05, 4.69) is 21.8 Å². The SMILES string of the molecule is O.O.S=c1cn[nH]s1.[Na]. The van der Waals surface area contributed by atoms with Crippen LogP contribution in [0.4, 0.5) is 0 Å². The Morgan fingerprint density at radius 1 is 1.56 bits per heavy atom. The van der Waals surface area contributed by atoms with E-state index in [4.69, 9.17) is 0 Å². The molecule has 0 unspecified atom stereocenters. The van der Waals surface area contributed by atoms with E-state index in [1.807, 2.05) is 0 Å². The van der Waals surface area contributed by atoms with Crippen molar-refractivity contribution in [3.8, 4) is 0 Å². The molecule has 1 rings (SSSR count). The second-order valence-corrected chi connectivity index (χ2v) is 2.30. The van der Waals surface area contributed by atoms with E-state index in [0.717, 1.165) is 3.82 Å². The fourth-order valence-corrected chi connectivity index (χ4v) is 0.642. The molecule has 49 valence electrons. The number of hydrogen-bond donors (Lipinski definition) is 1. The van der Waals surface area contributed by atoms with Gasteiger partial charge in [0.25, 0.3) is 0 Å². The number of H-pyrrole nitrogens is 1. The zero-order chi connectivity index (χ0) is 4.41. The molecule has 0 aromatic carbocycles. The van der Waals surface area contributed by atoms with Crippen molar-refractivity contribution in [1.29, 1.82) is 0 Å². The molecule has 7 heteroatoms. The Morgan fingerprint density at radius 2 is 2.11 bits per heavy atom. The third kappa shape index (κ3) is 6.59. The minimum absolute atomic E-state index is 0. The predicted molar refractivity (Wildman–Crippen MR) is 40.3 cm³/mol. The quantitative estimate of drug-likeness (QED) is 0.414. The summed E-state index contributed by atoms with van der Waals surface area (Å²) in [4.78, 5) is 0. The molecule has 9 heavy (non-hydrogen) atoms. The first kappa shape index (κ1) is 16.4. The average molecular weight is 177 g/mol. The second-order valence-electron chi connectivity index (χ2n) is 0.771. The maximum Gasteiger partial charge on any atom is 0.128 e. The second kappa shape index (κ2) is 8.70. The summed E-state index contributed by atoms with van der Waals surface area (Å²) >= 11 is 6.03. The van der Waals surface area contributed by atoms with Gasteiger partial charge in [0, 0.05) is 29.6 Å². The maximum absolute atomic E-state index is 4.67. The van der Waals surface area contributed by atoms with Gasteiger partial charge < -0.3 is 11.0 Å². The molecule has 0 aliphatic rings. The van der Waals surface area contributed by atoms with Crippen molar-refractivity contribution in [3.05, 3.63) is 10.0 Å². The van der Waals surface area contributed by atoms with Crippen molar-refractivity contribution in [3.63, 3.8) is 0 Å². The largest absolute Gasteiger partial charge is 0.412 e. The van der Waals surface area contributed by atoms with Crippen LogP contribution in [-0.4, -0.2) is 50.1 Å². The molecule has 0 fully saturated rings. The Bertz CT molecular complexity index is 158. The molecule has 1 radical (unpaired) electrons. The van der Waals surface area contributed by atoms with Crippen LogP contribution < -0.4 is 0 Å². The van der Waals surface area contributed by atoms with Gasteiger partial charge in [0.1, 0.15) is 3.82 Å². The number of aromatic nitrogens is 2. The average Bonchev–Trinajstić information content (AvgIpc) is 1.86. The van der Waals surface area contributed by atoms with Crippen molar-refractivity contribution in [2.24, 2.45) is 0 Å². The standard InChI is InChI=1S/C2H2N2S2.Na.2H2O/c5-2-1-3-4-6-2;;;/h1,4H;;2*1H2. The Kier molecular flexibility index (Phi) is 15.8. The summed E-state index contributed by atoms with van der Waals surface area (Å²) in [5.41, 5.74) is 0. The van der Waals surface area contributed by atoms with Crippen molar-refractivity contribution in [2.75, 3.05) is 0 Å². The Hall–Kier alpha value is 0.700. The molecule has 0 aliphatic heterocycles. The summed E-state index contributed by atoms with van der Waals surface area (Å²) < 4.78 is 3.42. The summed E-state index contributed by atoms with van der Waals surface area (Å²) in [6, 6.07) is 0. The fraction of sp³-hybridized carbons (Fsp3) is 0. The third-order valence-electron chi connectivity index (χ3n) is 0.369. The molecule has 1 aromatic heterocycles. The molecule has 1 aromatic rings. The van der Waals surface area contributed by atoms with Gasteiger partial charge in [0.15, 0.2) is 0 Å². The number of nitrogens with zero attached hydrogens (tertiary/aromatic N) is 1. The van der Waals surface area contributed by atoms with Gasteiger partial charge in [0.05, 0.1) is 6.20 Å². The first-order valence-electron chi connectivity index (χ1n) is 1.38. The minimum atomic E-state index is 0. The maximum atomic E-state index is 4.67. The Balaban J connectivity index is -0.000000120. The van der Waals surface area contributed by atoms with E-state index in [1.165, 1.54) is 11.5 Å². The minimum Gasteiger partial charge on any atom is -0.412 e. The molecule has 0 bridgehead atoms. The zero-order valence-corrected chi connectivity index (χ0v) is 8.47. The fourth-order valence-electron chi connectivity index (χ4n) is 0.177. The van der Waals surface area contributed by atoms with Gasteiger partial charge in [-0.2, -0.15) is 5.10 Å². The normalized spacial score (nSPS) is 5.78. The van der Waals surface area contributed by atoms with Crippen LogP contribution in [0.25, 0.3) is 0 Å². The van der Waals surface area contributed by atoms with Crippen molar-refractivity contribution in [2.45, 2.75) is 0 Å². The van der Waals surface area contributed by atoms with Crippen LogP contribution in [0.3, 0.4) is 0 Å². The van der Waals surface area contributed by atoms with Crippen molar-refractivity contribution in [1.82, 2.24) is 9.59 Å². The molecule has 0 spiro atoms. The summed E-state index contributed by atoms with van der Waals surface area (Å²) in [5.74, 6) is 0. The molecule has 0 amide bonds. The molecule has 0 saturated heterocycles. The number of aromatic amines is 1.